The highest BCUT2D eigenvalue weighted by Crippen LogP contribution is 2.23. The fourth-order valence-corrected chi connectivity index (χ4v) is 2.62. The molecule has 2 heterocycles. The van der Waals surface area contributed by atoms with Gasteiger partial charge < -0.3 is 10.5 Å². The van der Waals surface area contributed by atoms with Crippen LogP contribution in [0.25, 0.3) is 0 Å². The Hall–Kier alpha value is -0.490. The molecule has 5 heteroatoms. The van der Waals surface area contributed by atoms with E-state index >= 15 is 0 Å². The zero-order chi connectivity index (χ0) is 12.3. The maximum Gasteiger partial charge on any atom is 0.0674 e. The molecule has 0 amide bonds. The number of aromatic nitrogens is 1. The Kier molecular flexibility index (Phi) is 4.50. The predicted octanol–water partition coefficient (Wildman–Crippen LogP) is 1.56. The third kappa shape index (κ3) is 3.25. The number of ether oxygens (including phenoxy) is 1. The van der Waals surface area contributed by atoms with Crippen LogP contribution in [-0.2, 0) is 4.74 Å². The van der Waals surface area contributed by atoms with Gasteiger partial charge in [-0.3, -0.25) is 9.88 Å². The molecule has 0 radical (unpaired) electrons. The first-order valence-corrected chi connectivity index (χ1v) is 6.66. The smallest absolute Gasteiger partial charge is 0.0674 e. The lowest BCUT2D eigenvalue weighted by Crippen LogP contribution is -2.45. The molecule has 1 aromatic rings. The molecule has 0 spiro atoms. The molecule has 1 saturated heterocycles. The molecule has 2 unspecified atom stereocenters. The zero-order valence-corrected chi connectivity index (χ0v) is 11.6. The summed E-state index contributed by atoms with van der Waals surface area (Å²) in [6.07, 6.45) is 3.96. The standard InChI is InChI=1S/C12H18BrN3O/c1-9-8-16(2-3-17-9)12(5-14)10-4-11(13)7-15-6-10/h4,6-7,9,12H,2-3,5,8,14H2,1H3. The number of nitrogens with two attached hydrogens (primary N) is 1. The molecule has 1 aliphatic rings. The topological polar surface area (TPSA) is 51.4 Å². The molecule has 0 aromatic carbocycles. The summed E-state index contributed by atoms with van der Waals surface area (Å²) in [5.41, 5.74) is 7.07. The van der Waals surface area contributed by atoms with Gasteiger partial charge in [0.25, 0.3) is 0 Å². The maximum absolute atomic E-state index is 5.91. The number of pyridine rings is 1. The fourth-order valence-electron chi connectivity index (χ4n) is 2.23. The van der Waals surface area contributed by atoms with Crippen LogP contribution in [0, 0.1) is 0 Å². The molecule has 1 fully saturated rings. The van der Waals surface area contributed by atoms with E-state index in [1.165, 1.54) is 0 Å². The monoisotopic (exact) mass is 299 g/mol. The van der Waals surface area contributed by atoms with Gasteiger partial charge in [0.05, 0.1) is 12.7 Å². The van der Waals surface area contributed by atoms with Crippen LogP contribution in [0.3, 0.4) is 0 Å². The van der Waals surface area contributed by atoms with Crippen molar-refractivity contribution in [3.8, 4) is 0 Å². The molecule has 4 nitrogen and oxygen atoms in total. The van der Waals surface area contributed by atoms with Crippen LogP contribution < -0.4 is 5.73 Å². The summed E-state index contributed by atoms with van der Waals surface area (Å²) in [4.78, 5) is 6.58. The van der Waals surface area contributed by atoms with E-state index in [0.29, 0.717) is 6.54 Å². The molecule has 17 heavy (non-hydrogen) atoms. The van der Waals surface area contributed by atoms with E-state index in [1.807, 2.05) is 6.20 Å². The minimum absolute atomic E-state index is 0.228. The summed E-state index contributed by atoms with van der Waals surface area (Å²) in [6, 6.07) is 2.32. The summed E-state index contributed by atoms with van der Waals surface area (Å²) >= 11 is 3.45. The minimum Gasteiger partial charge on any atom is -0.376 e. The molecule has 2 rings (SSSR count). The van der Waals surface area contributed by atoms with Crippen molar-refractivity contribution in [2.45, 2.75) is 19.1 Å². The van der Waals surface area contributed by atoms with Crippen LogP contribution in [0.4, 0.5) is 0 Å². The van der Waals surface area contributed by atoms with E-state index in [-0.39, 0.29) is 12.1 Å². The lowest BCUT2D eigenvalue weighted by Gasteiger charge is -2.36. The third-order valence-corrected chi connectivity index (χ3v) is 3.48. The second-order valence-electron chi connectivity index (χ2n) is 4.36. The number of halogens is 1. The van der Waals surface area contributed by atoms with Gasteiger partial charge in [0, 0.05) is 42.5 Å². The Morgan fingerprint density at radius 3 is 3.12 bits per heavy atom. The summed E-state index contributed by atoms with van der Waals surface area (Å²) < 4.78 is 6.55. The van der Waals surface area contributed by atoms with Crippen molar-refractivity contribution in [2.24, 2.45) is 5.73 Å². The Labute approximate surface area is 110 Å². The SMILES string of the molecule is CC1CN(C(CN)c2cncc(Br)c2)CCO1. The Balaban J connectivity index is 2.15. The van der Waals surface area contributed by atoms with E-state index in [0.717, 1.165) is 29.7 Å². The number of morpholine rings is 1. The van der Waals surface area contributed by atoms with Gasteiger partial charge in [-0.25, -0.2) is 0 Å². The quantitative estimate of drug-likeness (QED) is 0.920. The van der Waals surface area contributed by atoms with Crippen LogP contribution >= 0.6 is 15.9 Å². The summed E-state index contributed by atoms with van der Waals surface area (Å²) in [5.74, 6) is 0. The average Bonchev–Trinajstić information content (AvgIpc) is 2.30. The van der Waals surface area contributed by atoms with E-state index < -0.39 is 0 Å². The molecular weight excluding hydrogens is 282 g/mol. The summed E-state index contributed by atoms with van der Waals surface area (Å²) in [7, 11) is 0. The number of nitrogens with zero attached hydrogens (tertiary/aromatic N) is 2. The molecule has 1 aliphatic heterocycles. The first-order chi connectivity index (χ1) is 8.20. The van der Waals surface area contributed by atoms with Gasteiger partial charge in [0.15, 0.2) is 0 Å². The Morgan fingerprint density at radius 2 is 2.47 bits per heavy atom. The van der Waals surface area contributed by atoms with Gasteiger partial charge >= 0.3 is 0 Å². The van der Waals surface area contributed by atoms with E-state index in [1.54, 1.807) is 6.20 Å². The highest BCUT2D eigenvalue weighted by atomic mass is 79.9. The Morgan fingerprint density at radius 1 is 1.65 bits per heavy atom. The van der Waals surface area contributed by atoms with Crippen molar-refractivity contribution >= 4 is 15.9 Å². The second kappa shape index (κ2) is 5.91. The average molecular weight is 300 g/mol. The van der Waals surface area contributed by atoms with Gasteiger partial charge in [-0.05, 0) is 34.5 Å². The number of hydrogen-bond acceptors (Lipinski definition) is 4. The van der Waals surface area contributed by atoms with Crippen molar-refractivity contribution in [2.75, 3.05) is 26.2 Å². The van der Waals surface area contributed by atoms with Crippen LogP contribution in [-0.4, -0.2) is 42.2 Å². The van der Waals surface area contributed by atoms with Gasteiger partial charge in [-0.15, -0.1) is 0 Å². The van der Waals surface area contributed by atoms with E-state index in [9.17, 15) is 0 Å². The second-order valence-corrected chi connectivity index (χ2v) is 5.28. The summed E-state index contributed by atoms with van der Waals surface area (Å²) in [5, 5.41) is 0. The van der Waals surface area contributed by atoms with Crippen LogP contribution in [0.15, 0.2) is 22.9 Å². The molecule has 2 N–H and O–H groups in total. The highest BCUT2D eigenvalue weighted by molar-refractivity contribution is 9.10. The van der Waals surface area contributed by atoms with Crippen LogP contribution in [0.1, 0.15) is 18.5 Å². The molecule has 1 aromatic heterocycles. The normalized spacial score (nSPS) is 23.6. The number of rotatable bonds is 3. The molecule has 0 bridgehead atoms. The summed E-state index contributed by atoms with van der Waals surface area (Å²) in [6.45, 7) is 5.33. The van der Waals surface area contributed by atoms with Crippen molar-refractivity contribution in [3.05, 3.63) is 28.5 Å². The lowest BCUT2D eigenvalue weighted by molar-refractivity contribution is -0.0333. The predicted molar refractivity (Wildman–Crippen MR) is 70.7 cm³/mol. The van der Waals surface area contributed by atoms with Gasteiger partial charge in [-0.1, -0.05) is 0 Å². The lowest BCUT2D eigenvalue weighted by atomic mass is 10.1. The molecule has 2 atom stereocenters. The molecule has 0 aliphatic carbocycles. The van der Waals surface area contributed by atoms with E-state index in [2.05, 4.69) is 38.8 Å². The van der Waals surface area contributed by atoms with Crippen molar-refractivity contribution in [1.82, 2.24) is 9.88 Å². The molecule has 0 saturated carbocycles. The highest BCUT2D eigenvalue weighted by Gasteiger charge is 2.24. The van der Waals surface area contributed by atoms with Crippen molar-refractivity contribution in [1.29, 1.82) is 0 Å². The minimum atomic E-state index is 0.228. The van der Waals surface area contributed by atoms with Gasteiger partial charge in [0.2, 0.25) is 0 Å². The molecule has 94 valence electrons. The van der Waals surface area contributed by atoms with Gasteiger partial charge in [-0.2, -0.15) is 0 Å². The fraction of sp³-hybridized carbons (Fsp3) is 0.583. The molecular formula is C12H18BrN3O. The van der Waals surface area contributed by atoms with Gasteiger partial charge in [0.1, 0.15) is 0 Å². The zero-order valence-electron chi connectivity index (χ0n) is 9.97. The maximum atomic E-state index is 5.91. The van der Waals surface area contributed by atoms with Crippen molar-refractivity contribution in [3.63, 3.8) is 0 Å². The largest absolute Gasteiger partial charge is 0.376 e. The Bertz CT molecular complexity index is 375. The van der Waals surface area contributed by atoms with Crippen LogP contribution in [0.5, 0.6) is 0 Å². The first kappa shape index (κ1) is 13.0. The van der Waals surface area contributed by atoms with Crippen LogP contribution in [0.2, 0.25) is 0 Å². The van der Waals surface area contributed by atoms with Crippen molar-refractivity contribution < 1.29 is 4.74 Å². The van der Waals surface area contributed by atoms with E-state index in [4.69, 9.17) is 10.5 Å². The first-order valence-electron chi connectivity index (χ1n) is 5.87. The number of hydrogen-bond donors (Lipinski definition) is 1. The third-order valence-electron chi connectivity index (χ3n) is 3.05.